The molecule has 0 spiro atoms. The van der Waals surface area contributed by atoms with Gasteiger partial charge in [0.15, 0.2) is 11.6 Å². The van der Waals surface area contributed by atoms with Crippen molar-refractivity contribution >= 4 is 5.97 Å². The van der Waals surface area contributed by atoms with Crippen molar-refractivity contribution in [3.8, 4) is 0 Å². The van der Waals surface area contributed by atoms with E-state index in [4.69, 9.17) is 0 Å². The quantitative estimate of drug-likeness (QED) is 0.871. The van der Waals surface area contributed by atoms with Gasteiger partial charge < -0.3 is 10.4 Å². The Kier molecular flexibility index (Phi) is 4.44. The van der Waals surface area contributed by atoms with E-state index in [1.807, 2.05) is 0 Å². The third kappa shape index (κ3) is 3.08. The average molecular weight is 270 g/mol. The number of hydrogen-bond acceptors (Lipinski definition) is 3. The van der Waals surface area contributed by atoms with Crippen LogP contribution in [0, 0.1) is 11.6 Å². The van der Waals surface area contributed by atoms with Crippen molar-refractivity contribution in [2.45, 2.75) is 12.5 Å². The number of nitrogens with zero attached hydrogens (tertiary/aromatic N) is 1. The molecule has 2 N–H and O–H groups in total. The summed E-state index contributed by atoms with van der Waals surface area (Å²) in [5.74, 6) is -3.25. The van der Waals surface area contributed by atoms with E-state index in [2.05, 4.69) is 5.32 Å². The molecule has 4 nitrogen and oxygen atoms in total. The number of halogens is 2. The van der Waals surface area contributed by atoms with E-state index in [-0.39, 0.29) is 5.56 Å². The molecule has 0 saturated carbocycles. The number of carboxylic acid groups (broad SMARTS) is 1. The maximum atomic E-state index is 13.8. The Morgan fingerprint density at radius 3 is 2.84 bits per heavy atom. The van der Waals surface area contributed by atoms with E-state index in [1.54, 1.807) is 4.90 Å². The van der Waals surface area contributed by atoms with Crippen LogP contribution in [0.15, 0.2) is 18.2 Å². The molecule has 6 heteroatoms. The second-order valence-corrected chi connectivity index (χ2v) is 4.52. The topological polar surface area (TPSA) is 52.6 Å². The van der Waals surface area contributed by atoms with Gasteiger partial charge in [-0.25, -0.2) is 8.78 Å². The Labute approximate surface area is 110 Å². The zero-order valence-electron chi connectivity index (χ0n) is 10.4. The minimum atomic E-state index is -1.16. The number of benzene rings is 1. The van der Waals surface area contributed by atoms with Crippen LogP contribution in [0.2, 0.25) is 0 Å². The summed E-state index contributed by atoms with van der Waals surface area (Å²) in [5.41, 5.74) is -0.116. The van der Waals surface area contributed by atoms with Crippen LogP contribution in [0.4, 0.5) is 8.78 Å². The highest BCUT2D eigenvalue weighted by atomic mass is 19.2. The lowest BCUT2D eigenvalue weighted by Gasteiger charge is -2.27. The van der Waals surface area contributed by atoms with Gasteiger partial charge in [-0.2, -0.15) is 0 Å². The summed E-state index contributed by atoms with van der Waals surface area (Å²) in [4.78, 5) is 13.1. The lowest BCUT2D eigenvalue weighted by atomic mass is 10.0. The van der Waals surface area contributed by atoms with E-state index in [1.165, 1.54) is 12.1 Å². The van der Waals surface area contributed by atoms with Crippen LogP contribution in [-0.2, 0) is 4.79 Å². The predicted octanol–water partition coefficient (Wildman–Crippen LogP) is 1.39. The van der Waals surface area contributed by atoms with E-state index >= 15 is 0 Å². The number of nitrogens with one attached hydrogen (secondary N) is 1. The fourth-order valence-corrected chi connectivity index (χ4v) is 2.34. The first kappa shape index (κ1) is 13.9. The van der Waals surface area contributed by atoms with Gasteiger partial charge >= 0.3 is 5.97 Å². The molecule has 1 aromatic carbocycles. The van der Waals surface area contributed by atoms with E-state index in [9.17, 15) is 18.7 Å². The maximum absolute atomic E-state index is 13.8. The molecule has 19 heavy (non-hydrogen) atoms. The third-order valence-electron chi connectivity index (χ3n) is 3.25. The number of rotatable bonds is 3. The molecule has 0 radical (unpaired) electrons. The predicted molar refractivity (Wildman–Crippen MR) is 65.8 cm³/mol. The zero-order chi connectivity index (χ0) is 13.8. The Balaban J connectivity index is 2.33. The first-order valence-electron chi connectivity index (χ1n) is 6.22. The number of carbonyl (C=O) groups is 1. The summed E-state index contributed by atoms with van der Waals surface area (Å²) < 4.78 is 27.0. The SMILES string of the molecule is O=C(O)C(c1cccc(F)c1F)N1CCCNCC1. The summed E-state index contributed by atoms with van der Waals surface area (Å²) in [6, 6.07) is 2.51. The molecule has 1 aliphatic rings. The fraction of sp³-hybridized carbons (Fsp3) is 0.462. The highest BCUT2D eigenvalue weighted by Gasteiger charge is 2.30. The molecule has 1 heterocycles. The Bertz CT molecular complexity index is 460. The van der Waals surface area contributed by atoms with Crippen LogP contribution in [0.5, 0.6) is 0 Å². The molecule has 1 aliphatic heterocycles. The lowest BCUT2D eigenvalue weighted by molar-refractivity contribution is -0.143. The van der Waals surface area contributed by atoms with Crippen molar-refractivity contribution in [3.05, 3.63) is 35.4 Å². The van der Waals surface area contributed by atoms with Crippen molar-refractivity contribution in [3.63, 3.8) is 0 Å². The molecule has 0 aliphatic carbocycles. The number of carboxylic acids is 1. The number of aliphatic carboxylic acids is 1. The smallest absolute Gasteiger partial charge is 0.325 e. The third-order valence-corrected chi connectivity index (χ3v) is 3.25. The monoisotopic (exact) mass is 270 g/mol. The van der Waals surface area contributed by atoms with Gasteiger partial charge in [-0.3, -0.25) is 9.69 Å². The van der Waals surface area contributed by atoms with E-state index < -0.39 is 23.6 Å². The minimum absolute atomic E-state index is 0.116. The van der Waals surface area contributed by atoms with Crippen LogP contribution in [0.3, 0.4) is 0 Å². The second kappa shape index (κ2) is 6.08. The summed E-state index contributed by atoms with van der Waals surface area (Å²) in [5, 5.41) is 12.5. The van der Waals surface area contributed by atoms with Crippen molar-refractivity contribution in [1.29, 1.82) is 0 Å². The molecule has 1 aromatic rings. The minimum Gasteiger partial charge on any atom is -0.480 e. The van der Waals surface area contributed by atoms with Gasteiger partial charge in [0.25, 0.3) is 0 Å². The van der Waals surface area contributed by atoms with E-state index in [0.717, 1.165) is 19.0 Å². The van der Waals surface area contributed by atoms with Crippen LogP contribution in [-0.4, -0.2) is 42.2 Å². The molecule has 0 aromatic heterocycles. The molecular weight excluding hydrogens is 254 g/mol. The van der Waals surface area contributed by atoms with E-state index in [0.29, 0.717) is 19.6 Å². The summed E-state index contributed by atoms with van der Waals surface area (Å²) in [7, 11) is 0. The van der Waals surface area contributed by atoms with Crippen molar-refractivity contribution in [1.82, 2.24) is 10.2 Å². The van der Waals surface area contributed by atoms with Crippen molar-refractivity contribution < 1.29 is 18.7 Å². The fourth-order valence-electron chi connectivity index (χ4n) is 2.34. The first-order valence-corrected chi connectivity index (χ1v) is 6.22. The molecule has 1 atom stereocenters. The van der Waals surface area contributed by atoms with Crippen LogP contribution >= 0.6 is 0 Å². The summed E-state index contributed by atoms with van der Waals surface area (Å²) in [6.07, 6.45) is 0.778. The van der Waals surface area contributed by atoms with Gasteiger partial charge in [-0.1, -0.05) is 12.1 Å². The second-order valence-electron chi connectivity index (χ2n) is 4.52. The largest absolute Gasteiger partial charge is 0.480 e. The van der Waals surface area contributed by atoms with Gasteiger partial charge in [0.05, 0.1) is 0 Å². The molecule has 1 fully saturated rings. The highest BCUT2D eigenvalue weighted by molar-refractivity contribution is 5.75. The van der Waals surface area contributed by atoms with Crippen LogP contribution in [0.1, 0.15) is 18.0 Å². The zero-order valence-corrected chi connectivity index (χ0v) is 10.4. The van der Waals surface area contributed by atoms with Gasteiger partial charge in [-0.05, 0) is 19.0 Å². The number of hydrogen-bond donors (Lipinski definition) is 2. The lowest BCUT2D eigenvalue weighted by Crippen LogP contribution is -2.37. The summed E-state index contributed by atoms with van der Waals surface area (Å²) in [6.45, 7) is 2.47. The van der Waals surface area contributed by atoms with Crippen molar-refractivity contribution in [2.24, 2.45) is 0 Å². The molecule has 2 rings (SSSR count). The van der Waals surface area contributed by atoms with Crippen LogP contribution in [0.25, 0.3) is 0 Å². The van der Waals surface area contributed by atoms with Gasteiger partial charge in [-0.15, -0.1) is 0 Å². The first-order chi connectivity index (χ1) is 9.11. The molecule has 0 bridgehead atoms. The summed E-state index contributed by atoms with van der Waals surface area (Å²) >= 11 is 0. The molecule has 104 valence electrons. The molecular formula is C13H16F2N2O2. The molecule has 1 unspecified atom stereocenters. The Hall–Kier alpha value is -1.53. The normalized spacial score (nSPS) is 18.8. The van der Waals surface area contributed by atoms with Gasteiger partial charge in [0.1, 0.15) is 6.04 Å². The maximum Gasteiger partial charge on any atom is 0.325 e. The van der Waals surface area contributed by atoms with Gasteiger partial charge in [0, 0.05) is 25.2 Å². The van der Waals surface area contributed by atoms with Gasteiger partial charge in [0.2, 0.25) is 0 Å². The average Bonchev–Trinajstić information content (AvgIpc) is 2.63. The highest BCUT2D eigenvalue weighted by Crippen LogP contribution is 2.25. The standard InChI is InChI=1S/C13H16F2N2O2/c14-10-4-1-3-9(11(10)15)12(13(18)19)17-7-2-5-16-6-8-17/h1,3-4,12,16H,2,5-8H2,(H,18,19). The Morgan fingerprint density at radius 1 is 1.32 bits per heavy atom. The van der Waals surface area contributed by atoms with Crippen LogP contribution < -0.4 is 5.32 Å². The van der Waals surface area contributed by atoms with Crippen molar-refractivity contribution in [2.75, 3.05) is 26.2 Å². The molecule has 1 saturated heterocycles. The molecule has 0 amide bonds. The Morgan fingerprint density at radius 2 is 2.11 bits per heavy atom.